The Morgan fingerprint density at radius 1 is 1.44 bits per heavy atom. The van der Waals surface area contributed by atoms with Gasteiger partial charge >= 0.3 is 5.97 Å². The minimum atomic E-state index is -3.04. The standard InChI is InChI=1S/C10H18O5S/c1-7(10(11)12)15-8-4-3-5-9(6-8)16(2,13)14/h7-9H,3-6H2,1-2H3,(H,11,12)/t7-,8?,9?/m0/s1. The van der Waals surface area contributed by atoms with Crippen molar-refractivity contribution in [2.45, 2.75) is 50.1 Å². The summed E-state index contributed by atoms with van der Waals surface area (Å²) >= 11 is 0. The molecule has 1 saturated carbocycles. The average molecular weight is 250 g/mol. The molecule has 5 nitrogen and oxygen atoms in total. The summed E-state index contributed by atoms with van der Waals surface area (Å²) in [7, 11) is -3.04. The Labute approximate surface area is 95.7 Å². The van der Waals surface area contributed by atoms with Crippen LogP contribution in [-0.2, 0) is 19.4 Å². The molecule has 94 valence electrons. The molecule has 2 unspecified atom stereocenters. The van der Waals surface area contributed by atoms with Crippen LogP contribution in [0.15, 0.2) is 0 Å². The highest BCUT2D eigenvalue weighted by molar-refractivity contribution is 7.91. The lowest BCUT2D eigenvalue weighted by atomic mass is 9.97. The van der Waals surface area contributed by atoms with E-state index in [1.165, 1.54) is 13.2 Å². The van der Waals surface area contributed by atoms with Crippen molar-refractivity contribution in [3.8, 4) is 0 Å². The van der Waals surface area contributed by atoms with Crippen molar-refractivity contribution in [1.29, 1.82) is 0 Å². The number of carboxylic acid groups (broad SMARTS) is 1. The highest BCUT2D eigenvalue weighted by Crippen LogP contribution is 2.26. The van der Waals surface area contributed by atoms with E-state index >= 15 is 0 Å². The predicted octanol–water partition coefficient (Wildman–Crippen LogP) is 0.832. The maximum atomic E-state index is 11.4. The molecule has 1 rings (SSSR count). The van der Waals surface area contributed by atoms with E-state index in [1.807, 2.05) is 0 Å². The number of hydrogen-bond donors (Lipinski definition) is 1. The second kappa shape index (κ2) is 5.14. The van der Waals surface area contributed by atoms with Crippen molar-refractivity contribution in [3.63, 3.8) is 0 Å². The van der Waals surface area contributed by atoms with E-state index in [2.05, 4.69) is 0 Å². The lowest BCUT2D eigenvalue weighted by Gasteiger charge is -2.29. The first-order valence-electron chi connectivity index (χ1n) is 5.38. The monoisotopic (exact) mass is 250 g/mol. The molecule has 1 N–H and O–H groups in total. The maximum Gasteiger partial charge on any atom is 0.332 e. The fourth-order valence-corrected chi connectivity index (χ4v) is 3.12. The Kier molecular flexibility index (Phi) is 4.32. The molecule has 0 spiro atoms. The summed E-state index contributed by atoms with van der Waals surface area (Å²) in [5.41, 5.74) is 0. The number of hydrogen-bond acceptors (Lipinski definition) is 4. The number of ether oxygens (including phenoxy) is 1. The van der Waals surface area contributed by atoms with Gasteiger partial charge in [-0.25, -0.2) is 13.2 Å². The Hall–Kier alpha value is -0.620. The van der Waals surface area contributed by atoms with Gasteiger partial charge in [-0.2, -0.15) is 0 Å². The largest absolute Gasteiger partial charge is 0.479 e. The normalized spacial score (nSPS) is 28.6. The quantitative estimate of drug-likeness (QED) is 0.799. The van der Waals surface area contributed by atoms with Gasteiger partial charge in [0, 0.05) is 6.26 Å². The molecular weight excluding hydrogens is 232 g/mol. The van der Waals surface area contributed by atoms with Gasteiger partial charge < -0.3 is 9.84 Å². The molecule has 0 bridgehead atoms. The first-order valence-corrected chi connectivity index (χ1v) is 7.33. The first-order chi connectivity index (χ1) is 7.30. The van der Waals surface area contributed by atoms with Crippen LogP contribution in [0.3, 0.4) is 0 Å². The van der Waals surface area contributed by atoms with Crippen molar-refractivity contribution in [2.75, 3.05) is 6.26 Å². The van der Waals surface area contributed by atoms with E-state index in [-0.39, 0.29) is 11.4 Å². The van der Waals surface area contributed by atoms with E-state index in [4.69, 9.17) is 9.84 Å². The fourth-order valence-electron chi connectivity index (χ4n) is 1.96. The van der Waals surface area contributed by atoms with Crippen LogP contribution in [0.25, 0.3) is 0 Å². The van der Waals surface area contributed by atoms with Crippen LogP contribution >= 0.6 is 0 Å². The molecule has 1 aliphatic rings. The zero-order chi connectivity index (χ0) is 12.3. The second-order valence-corrected chi connectivity index (χ2v) is 6.68. The summed E-state index contributed by atoms with van der Waals surface area (Å²) in [5.74, 6) is -1.01. The van der Waals surface area contributed by atoms with Crippen LogP contribution in [0.1, 0.15) is 32.6 Å². The Morgan fingerprint density at radius 2 is 2.06 bits per heavy atom. The summed E-state index contributed by atoms with van der Waals surface area (Å²) in [6, 6.07) is 0. The molecule has 1 aliphatic carbocycles. The minimum Gasteiger partial charge on any atom is -0.479 e. The lowest BCUT2D eigenvalue weighted by Crippen LogP contribution is -2.35. The van der Waals surface area contributed by atoms with Gasteiger partial charge in [0.25, 0.3) is 0 Å². The molecule has 0 amide bonds. The summed E-state index contributed by atoms with van der Waals surface area (Å²) in [4.78, 5) is 10.6. The average Bonchev–Trinajstić information content (AvgIpc) is 2.16. The summed E-state index contributed by atoms with van der Waals surface area (Å²) < 4.78 is 28.1. The minimum absolute atomic E-state index is 0.250. The molecular formula is C10H18O5S. The molecule has 0 aromatic carbocycles. The number of sulfone groups is 1. The number of aliphatic carboxylic acids is 1. The first kappa shape index (κ1) is 13.4. The molecule has 1 fully saturated rings. The maximum absolute atomic E-state index is 11.4. The van der Waals surface area contributed by atoms with Crippen molar-refractivity contribution in [1.82, 2.24) is 0 Å². The number of carbonyl (C=O) groups is 1. The lowest BCUT2D eigenvalue weighted by molar-refractivity contribution is -0.153. The van der Waals surface area contributed by atoms with Gasteiger partial charge in [-0.3, -0.25) is 0 Å². The number of rotatable bonds is 4. The topological polar surface area (TPSA) is 80.7 Å². The third-order valence-electron chi connectivity index (χ3n) is 2.93. The molecule has 0 saturated heterocycles. The van der Waals surface area contributed by atoms with Crippen LogP contribution in [0.5, 0.6) is 0 Å². The smallest absolute Gasteiger partial charge is 0.332 e. The van der Waals surface area contributed by atoms with Gasteiger partial charge in [0.1, 0.15) is 9.84 Å². The molecule has 0 radical (unpaired) electrons. The van der Waals surface area contributed by atoms with Crippen LogP contribution in [0.4, 0.5) is 0 Å². The van der Waals surface area contributed by atoms with E-state index < -0.39 is 21.9 Å². The van der Waals surface area contributed by atoms with Gasteiger partial charge in [0.2, 0.25) is 0 Å². The van der Waals surface area contributed by atoms with Crippen molar-refractivity contribution < 1.29 is 23.1 Å². The van der Waals surface area contributed by atoms with E-state index in [9.17, 15) is 13.2 Å². The van der Waals surface area contributed by atoms with Gasteiger partial charge in [-0.1, -0.05) is 0 Å². The van der Waals surface area contributed by atoms with Crippen molar-refractivity contribution in [3.05, 3.63) is 0 Å². The van der Waals surface area contributed by atoms with E-state index in [1.54, 1.807) is 0 Å². The van der Waals surface area contributed by atoms with Gasteiger partial charge in [-0.15, -0.1) is 0 Å². The molecule has 0 aromatic heterocycles. The predicted molar refractivity (Wildman–Crippen MR) is 59.1 cm³/mol. The fraction of sp³-hybridized carbons (Fsp3) is 0.900. The van der Waals surface area contributed by atoms with Crippen LogP contribution in [-0.4, -0.2) is 43.2 Å². The summed E-state index contributed by atoms with van der Waals surface area (Å²) in [5, 5.41) is 8.31. The third-order valence-corrected chi connectivity index (χ3v) is 4.57. The molecule has 0 aromatic rings. The molecule has 6 heteroatoms. The SMILES string of the molecule is C[C@H](OC1CCCC(S(C)(=O)=O)C1)C(=O)O. The second-order valence-electron chi connectivity index (χ2n) is 4.36. The zero-order valence-corrected chi connectivity index (χ0v) is 10.4. The van der Waals surface area contributed by atoms with E-state index in [0.717, 1.165) is 12.8 Å². The molecule has 0 heterocycles. The summed E-state index contributed by atoms with van der Waals surface area (Å²) in [6.45, 7) is 1.46. The third kappa shape index (κ3) is 3.75. The molecule has 3 atom stereocenters. The van der Waals surface area contributed by atoms with Crippen LogP contribution in [0, 0.1) is 0 Å². The van der Waals surface area contributed by atoms with Gasteiger partial charge in [0.15, 0.2) is 6.10 Å². The van der Waals surface area contributed by atoms with Crippen LogP contribution < -0.4 is 0 Å². The zero-order valence-electron chi connectivity index (χ0n) is 9.55. The van der Waals surface area contributed by atoms with Gasteiger partial charge in [-0.05, 0) is 32.6 Å². The van der Waals surface area contributed by atoms with Crippen LogP contribution in [0.2, 0.25) is 0 Å². The van der Waals surface area contributed by atoms with Crippen molar-refractivity contribution in [2.24, 2.45) is 0 Å². The summed E-state index contributed by atoms with van der Waals surface area (Å²) in [6.07, 6.45) is 2.68. The highest BCUT2D eigenvalue weighted by Gasteiger charge is 2.31. The number of carboxylic acids is 1. The Morgan fingerprint density at radius 3 is 2.56 bits per heavy atom. The van der Waals surface area contributed by atoms with Crippen molar-refractivity contribution >= 4 is 15.8 Å². The molecule has 16 heavy (non-hydrogen) atoms. The Bertz CT molecular complexity index is 348. The molecule has 0 aliphatic heterocycles. The van der Waals surface area contributed by atoms with Gasteiger partial charge in [0.05, 0.1) is 11.4 Å². The Balaban J connectivity index is 2.55. The highest BCUT2D eigenvalue weighted by atomic mass is 32.2. The van der Waals surface area contributed by atoms with E-state index in [0.29, 0.717) is 12.8 Å².